The second-order valence-electron chi connectivity index (χ2n) is 4.25. The molecule has 0 aliphatic carbocycles. The van der Waals surface area contributed by atoms with Crippen LogP contribution in [0.2, 0.25) is 0 Å². The summed E-state index contributed by atoms with van der Waals surface area (Å²) in [7, 11) is 0. The first-order valence-corrected chi connectivity index (χ1v) is 5.63. The van der Waals surface area contributed by atoms with E-state index >= 15 is 0 Å². The van der Waals surface area contributed by atoms with Gasteiger partial charge in [0.25, 0.3) is 0 Å². The van der Waals surface area contributed by atoms with E-state index in [-0.39, 0.29) is 12.6 Å². The third kappa shape index (κ3) is 3.20. The van der Waals surface area contributed by atoms with Crippen LogP contribution < -0.4 is 5.32 Å². The van der Waals surface area contributed by atoms with Gasteiger partial charge in [0.2, 0.25) is 0 Å². The molecule has 1 aromatic carbocycles. The highest BCUT2D eigenvalue weighted by Crippen LogP contribution is 2.31. The quantitative estimate of drug-likeness (QED) is 0.847. The number of ether oxygens (including phenoxy) is 1. The van der Waals surface area contributed by atoms with Crippen molar-refractivity contribution in [2.75, 3.05) is 13.2 Å². The van der Waals surface area contributed by atoms with Crippen LogP contribution in [0.25, 0.3) is 0 Å². The highest BCUT2D eigenvalue weighted by atomic mass is 19.4. The molecule has 1 saturated heterocycles. The molecule has 1 aromatic rings. The van der Waals surface area contributed by atoms with Crippen LogP contribution in [0, 0.1) is 5.82 Å². The van der Waals surface area contributed by atoms with Crippen molar-refractivity contribution in [3.63, 3.8) is 0 Å². The van der Waals surface area contributed by atoms with Crippen LogP contribution in [0.15, 0.2) is 18.2 Å². The summed E-state index contributed by atoms with van der Waals surface area (Å²) in [4.78, 5) is 0. The molecular formula is C12H13F4NO. The number of hydrogen-bond donors (Lipinski definition) is 1. The van der Waals surface area contributed by atoms with Gasteiger partial charge in [-0.05, 0) is 24.1 Å². The third-order valence-corrected chi connectivity index (χ3v) is 2.86. The summed E-state index contributed by atoms with van der Waals surface area (Å²) in [6.07, 6.45) is -3.82. The maximum absolute atomic E-state index is 13.0. The maximum atomic E-state index is 13.0. The van der Waals surface area contributed by atoms with E-state index in [0.29, 0.717) is 18.8 Å². The first kappa shape index (κ1) is 13.3. The fourth-order valence-corrected chi connectivity index (χ4v) is 1.86. The Morgan fingerprint density at radius 2 is 2.11 bits per heavy atom. The summed E-state index contributed by atoms with van der Waals surface area (Å²) in [6, 6.07) is 3.21. The molecular weight excluding hydrogens is 250 g/mol. The minimum absolute atomic E-state index is 0.157. The minimum Gasteiger partial charge on any atom is -0.380 e. The molecule has 0 aromatic heterocycles. The van der Waals surface area contributed by atoms with E-state index in [9.17, 15) is 17.6 Å². The van der Waals surface area contributed by atoms with Gasteiger partial charge in [0.15, 0.2) is 0 Å². The van der Waals surface area contributed by atoms with Crippen molar-refractivity contribution >= 4 is 0 Å². The number of halogens is 4. The predicted molar refractivity (Wildman–Crippen MR) is 57.5 cm³/mol. The van der Waals surface area contributed by atoms with Gasteiger partial charge in [-0.1, -0.05) is 6.07 Å². The Kier molecular flexibility index (Phi) is 3.87. The Hall–Kier alpha value is -1.14. The van der Waals surface area contributed by atoms with Gasteiger partial charge in [-0.3, -0.25) is 0 Å². The molecule has 100 valence electrons. The monoisotopic (exact) mass is 263 g/mol. The van der Waals surface area contributed by atoms with E-state index in [4.69, 9.17) is 4.74 Å². The number of hydrogen-bond acceptors (Lipinski definition) is 2. The number of alkyl halides is 3. The van der Waals surface area contributed by atoms with Gasteiger partial charge in [0.05, 0.1) is 12.2 Å². The van der Waals surface area contributed by atoms with Crippen LogP contribution in [-0.4, -0.2) is 19.3 Å². The fraction of sp³-hybridized carbons (Fsp3) is 0.500. The lowest BCUT2D eigenvalue weighted by Crippen LogP contribution is -2.28. The smallest absolute Gasteiger partial charge is 0.380 e. The summed E-state index contributed by atoms with van der Waals surface area (Å²) in [5, 5.41) is 3.08. The lowest BCUT2D eigenvalue weighted by Gasteiger charge is -2.13. The van der Waals surface area contributed by atoms with Crippen LogP contribution in [0.5, 0.6) is 0 Å². The summed E-state index contributed by atoms with van der Waals surface area (Å²) in [5.74, 6) is -1.24. The molecule has 1 heterocycles. The fourth-order valence-electron chi connectivity index (χ4n) is 1.86. The van der Waals surface area contributed by atoms with Crippen LogP contribution >= 0.6 is 0 Å². The summed E-state index contributed by atoms with van der Waals surface area (Å²) >= 11 is 0. The summed E-state index contributed by atoms with van der Waals surface area (Å²) in [6.45, 7) is 1.50. The lowest BCUT2D eigenvalue weighted by atomic mass is 10.1. The SMILES string of the molecule is Fc1ccc(CNC2CCOC2)cc1C(F)(F)F. The first-order chi connectivity index (χ1) is 8.47. The molecule has 1 atom stereocenters. The van der Waals surface area contributed by atoms with E-state index < -0.39 is 17.6 Å². The molecule has 0 saturated carbocycles. The van der Waals surface area contributed by atoms with Gasteiger partial charge in [-0.2, -0.15) is 13.2 Å². The topological polar surface area (TPSA) is 21.3 Å². The van der Waals surface area contributed by atoms with Crippen molar-refractivity contribution in [2.45, 2.75) is 25.2 Å². The van der Waals surface area contributed by atoms with Crippen molar-refractivity contribution in [1.29, 1.82) is 0 Å². The predicted octanol–water partition coefficient (Wildman–Crippen LogP) is 2.72. The molecule has 1 fully saturated rings. The molecule has 2 rings (SSSR count). The molecule has 0 spiro atoms. The average Bonchev–Trinajstić information content (AvgIpc) is 2.79. The standard InChI is InChI=1S/C12H13F4NO/c13-11-2-1-8(5-10(11)12(14,15)16)6-17-9-3-4-18-7-9/h1-2,5,9,17H,3-4,6-7H2. The van der Waals surface area contributed by atoms with Crippen molar-refractivity contribution < 1.29 is 22.3 Å². The van der Waals surface area contributed by atoms with Crippen molar-refractivity contribution in [3.05, 3.63) is 35.1 Å². The number of rotatable bonds is 3. The summed E-state index contributed by atoms with van der Waals surface area (Å²) < 4.78 is 55.7. The zero-order valence-corrected chi connectivity index (χ0v) is 9.56. The summed E-state index contributed by atoms with van der Waals surface area (Å²) in [5.41, 5.74) is -0.805. The second-order valence-corrected chi connectivity index (χ2v) is 4.25. The normalized spacial score (nSPS) is 20.3. The molecule has 6 heteroatoms. The highest BCUT2D eigenvalue weighted by molar-refractivity contribution is 5.27. The van der Waals surface area contributed by atoms with E-state index in [1.807, 2.05) is 0 Å². The zero-order chi connectivity index (χ0) is 13.2. The first-order valence-electron chi connectivity index (χ1n) is 5.63. The molecule has 1 unspecified atom stereocenters. The zero-order valence-electron chi connectivity index (χ0n) is 9.56. The van der Waals surface area contributed by atoms with Gasteiger partial charge in [0, 0.05) is 19.2 Å². The average molecular weight is 263 g/mol. The second kappa shape index (κ2) is 5.24. The van der Waals surface area contributed by atoms with Gasteiger partial charge < -0.3 is 10.1 Å². The third-order valence-electron chi connectivity index (χ3n) is 2.86. The molecule has 18 heavy (non-hydrogen) atoms. The molecule has 1 aliphatic rings. The molecule has 0 radical (unpaired) electrons. The molecule has 2 nitrogen and oxygen atoms in total. The van der Waals surface area contributed by atoms with Gasteiger partial charge in [0.1, 0.15) is 5.82 Å². The van der Waals surface area contributed by atoms with Crippen molar-refractivity contribution in [3.8, 4) is 0 Å². The molecule has 0 bridgehead atoms. The Morgan fingerprint density at radius 3 is 2.72 bits per heavy atom. The van der Waals surface area contributed by atoms with Gasteiger partial charge >= 0.3 is 6.18 Å². The van der Waals surface area contributed by atoms with Crippen molar-refractivity contribution in [1.82, 2.24) is 5.32 Å². The molecule has 1 aliphatic heterocycles. The van der Waals surface area contributed by atoms with E-state index in [1.165, 1.54) is 6.07 Å². The van der Waals surface area contributed by atoms with Crippen LogP contribution in [0.1, 0.15) is 17.5 Å². The maximum Gasteiger partial charge on any atom is 0.419 e. The van der Waals surface area contributed by atoms with E-state index in [1.54, 1.807) is 0 Å². The Morgan fingerprint density at radius 1 is 1.33 bits per heavy atom. The Labute approximate surface area is 102 Å². The largest absolute Gasteiger partial charge is 0.419 e. The lowest BCUT2D eigenvalue weighted by molar-refractivity contribution is -0.140. The Balaban J connectivity index is 2.04. The minimum atomic E-state index is -4.66. The van der Waals surface area contributed by atoms with Crippen molar-refractivity contribution in [2.24, 2.45) is 0 Å². The van der Waals surface area contributed by atoms with Crippen LogP contribution in [0.4, 0.5) is 17.6 Å². The number of benzene rings is 1. The van der Waals surface area contributed by atoms with Crippen LogP contribution in [0.3, 0.4) is 0 Å². The molecule has 0 amide bonds. The molecule has 1 N–H and O–H groups in total. The van der Waals surface area contributed by atoms with Gasteiger partial charge in [-0.25, -0.2) is 4.39 Å². The van der Waals surface area contributed by atoms with Crippen LogP contribution in [-0.2, 0) is 17.5 Å². The highest BCUT2D eigenvalue weighted by Gasteiger charge is 2.34. The van der Waals surface area contributed by atoms with Gasteiger partial charge in [-0.15, -0.1) is 0 Å². The van der Waals surface area contributed by atoms with E-state index in [0.717, 1.165) is 18.6 Å². The number of nitrogens with one attached hydrogen (secondary N) is 1. The van der Waals surface area contributed by atoms with E-state index in [2.05, 4.69) is 5.32 Å². The Bertz CT molecular complexity index is 413.